The topological polar surface area (TPSA) is 73.6 Å². The van der Waals surface area contributed by atoms with Crippen LogP contribution in [0.25, 0.3) is 0 Å². The van der Waals surface area contributed by atoms with E-state index in [1.54, 1.807) is 25.3 Å². The third-order valence-corrected chi connectivity index (χ3v) is 4.15. The van der Waals surface area contributed by atoms with E-state index < -0.39 is 0 Å². The van der Waals surface area contributed by atoms with Crippen molar-refractivity contribution in [3.63, 3.8) is 0 Å². The summed E-state index contributed by atoms with van der Waals surface area (Å²) in [5.41, 5.74) is 6.19. The van der Waals surface area contributed by atoms with Crippen molar-refractivity contribution in [2.75, 3.05) is 14.2 Å². The number of benzene rings is 1. The van der Waals surface area contributed by atoms with E-state index in [-0.39, 0.29) is 17.9 Å². The Balaban J connectivity index is 2.18. The van der Waals surface area contributed by atoms with Crippen molar-refractivity contribution >= 4 is 23.1 Å². The fourth-order valence-electron chi connectivity index (χ4n) is 2.71. The van der Waals surface area contributed by atoms with Gasteiger partial charge in [0.25, 0.3) is 5.91 Å². The molecule has 6 heteroatoms. The normalized spacial score (nSPS) is 20.9. The number of carbonyl (C=O) groups is 1. The Labute approximate surface area is 129 Å². The van der Waals surface area contributed by atoms with Crippen LogP contribution in [0.2, 0.25) is 0 Å². The molecule has 0 aliphatic heterocycles. The Morgan fingerprint density at radius 2 is 2.10 bits per heavy atom. The first-order chi connectivity index (χ1) is 10.1. The molecule has 114 valence electrons. The number of hydrogen-bond acceptors (Lipinski definition) is 4. The van der Waals surface area contributed by atoms with Gasteiger partial charge in [0.1, 0.15) is 11.5 Å². The molecule has 2 atom stereocenters. The number of thiocarbonyl (C=S) groups is 1. The number of ether oxygens (including phenoxy) is 2. The van der Waals surface area contributed by atoms with E-state index in [4.69, 9.17) is 27.4 Å². The van der Waals surface area contributed by atoms with Gasteiger partial charge in [-0.2, -0.15) is 0 Å². The highest BCUT2D eigenvalue weighted by atomic mass is 32.1. The van der Waals surface area contributed by atoms with Gasteiger partial charge in [0, 0.05) is 12.0 Å². The molecule has 0 spiro atoms. The minimum absolute atomic E-state index is 0.00842. The Hall–Kier alpha value is -1.82. The highest BCUT2D eigenvalue weighted by Crippen LogP contribution is 2.28. The van der Waals surface area contributed by atoms with Crippen molar-refractivity contribution in [3.05, 3.63) is 23.8 Å². The molecule has 1 amide bonds. The molecular formula is C15H20N2O3S. The standard InChI is InChI=1S/C15H20N2O3S/c1-19-9-6-7-13(20-2)11(8-9)15(18)17-12-5-3-4-10(12)14(16)21/h6-8,10,12H,3-5H2,1-2H3,(H2,16,21)(H,17,18). The molecule has 1 fully saturated rings. The Morgan fingerprint density at radius 1 is 1.33 bits per heavy atom. The van der Waals surface area contributed by atoms with Gasteiger partial charge in [-0.3, -0.25) is 4.79 Å². The summed E-state index contributed by atoms with van der Waals surface area (Å²) in [4.78, 5) is 13.0. The lowest BCUT2D eigenvalue weighted by molar-refractivity contribution is 0.0930. The van der Waals surface area contributed by atoms with E-state index in [0.717, 1.165) is 19.3 Å². The first kappa shape index (κ1) is 15.6. The summed E-state index contributed by atoms with van der Waals surface area (Å²) in [7, 11) is 3.09. The van der Waals surface area contributed by atoms with E-state index in [0.29, 0.717) is 22.1 Å². The van der Waals surface area contributed by atoms with Gasteiger partial charge in [0.05, 0.1) is 24.8 Å². The van der Waals surface area contributed by atoms with Gasteiger partial charge in [-0.1, -0.05) is 18.6 Å². The van der Waals surface area contributed by atoms with E-state index in [2.05, 4.69) is 5.32 Å². The summed E-state index contributed by atoms with van der Waals surface area (Å²) in [6, 6.07) is 5.13. The van der Waals surface area contributed by atoms with Gasteiger partial charge in [-0.25, -0.2) is 0 Å². The summed E-state index contributed by atoms with van der Waals surface area (Å²) >= 11 is 5.07. The van der Waals surface area contributed by atoms with Crippen molar-refractivity contribution in [1.29, 1.82) is 0 Å². The van der Waals surface area contributed by atoms with Crippen molar-refractivity contribution in [3.8, 4) is 11.5 Å². The third-order valence-electron chi connectivity index (χ3n) is 3.85. The SMILES string of the molecule is COc1ccc(OC)c(C(=O)NC2CCCC2C(N)=S)c1. The van der Waals surface area contributed by atoms with Crippen LogP contribution in [0.15, 0.2) is 18.2 Å². The number of rotatable bonds is 5. The largest absolute Gasteiger partial charge is 0.497 e. The molecular weight excluding hydrogens is 288 g/mol. The molecule has 1 aliphatic carbocycles. The van der Waals surface area contributed by atoms with Crippen LogP contribution in [0.5, 0.6) is 11.5 Å². The van der Waals surface area contributed by atoms with Crippen LogP contribution in [0, 0.1) is 5.92 Å². The molecule has 0 saturated heterocycles. The van der Waals surface area contributed by atoms with Gasteiger partial charge < -0.3 is 20.5 Å². The highest BCUT2D eigenvalue weighted by Gasteiger charge is 2.31. The van der Waals surface area contributed by atoms with Crippen LogP contribution in [-0.2, 0) is 0 Å². The van der Waals surface area contributed by atoms with E-state index in [1.165, 1.54) is 7.11 Å². The number of nitrogens with two attached hydrogens (primary N) is 1. The fraction of sp³-hybridized carbons (Fsp3) is 0.467. The van der Waals surface area contributed by atoms with Gasteiger partial charge >= 0.3 is 0 Å². The maximum Gasteiger partial charge on any atom is 0.255 e. The average molecular weight is 308 g/mol. The van der Waals surface area contributed by atoms with Gasteiger partial charge in [-0.05, 0) is 31.0 Å². The lowest BCUT2D eigenvalue weighted by Crippen LogP contribution is -2.41. The molecule has 0 heterocycles. The highest BCUT2D eigenvalue weighted by molar-refractivity contribution is 7.80. The van der Waals surface area contributed by atoms with Crippen LogP contribution in [-0.4, -0.2) is 31.2 Å². The van der Waals surface area contributed by atoms with Crippen molar-refractivity contribution < 1.29 is 14.3 Å². The molecule has 1 aromatic rings. The number of methoxy groups -OCH3 is 2. The van der Waals surface area contributed by atoms with Gasteiger partial charge in [-0.15, -0.1) is 0 Å². The first-order valence-electron chi connectivity index (χ1n) is 6.89. The van der Waals surface area contributed by atoms with Crippen LogP contribution in [0.3, 0.4) is 0 Å². The molecule has 1 saturated carbocycles. The summed E-state index contributed by atoms with van der Waals surface area (Å²) in [6.45, 7) is 0. The monoisotopic (exact) mass is 308 g/mol. The molecule has 0 aromatic heterocycles. The smallest absolute Gasteiger partial charge is 0.255 e. The predicted molar refractivity (Wildman–Crippen MR) is 84.9 cm³/mol. The maximum absolute atomic E-state index is 12.5. The lowest BCUT2D eigenvalue weighted by atomic mass is 10.0. The molecule has 1 aromatic carbocycles. The minimum atomic E-state index is -0.195. The third kappa shape index (κ3) is 3.44. The van der Waals surface area contributed by atoms with Crippen molar-refractivity contribution in [1.82, 2.24) is 5.32 Å². The van der Waals surface area contributed by atoms with E-state index in [1.807, 2.05) is 0 Å². The zero-order chi connectivity index (χ0) is 15.4. The van der Waals surface area contributed by atoms with E-state index in [9.17, 15) is 4.79 Å². The second kappa shape index (κ2) is 6.76. The number of amides is 1. The Bertz CT molecular complexity index is 548. The average Bonchev–Trinajstić information content (AvgIpc) is 2.94. The summed E-state index contributed by atoms with van der Waals surface area (Å²) < 4.78 is 10.4. The summed E-state index contributed by atoms with van der Waals surface area (Å²) in [5, 5.41) is 3.01. The van der Waals surface area contributed by atoms with Gasteiger partial charge in [0.2, 0.25) is 0 Å². The maximum atomic E-state index is 12.5. The lowest BCUT2D eigenvalue weighted by Gasteiger charge is -2.20. The quantitative estimate of drug-likeness (QED) is 0.813. The van der Waals surface area contributed by atoms with Crippen LogP contribution in [0.4, 0.5) is 0 Å². The number of carbonyl (C=O) groups excluding carboxylic acids is 1. The predicted octanol–water partition coefficient (Wildman–Crippen LogP) is 1.89. The fourth-order valence-corrected chi connectivity index (χ4v) is 2.99. The summed E-state index contributed by atoms with van der Waals surface area (Å²) in [5.74, 6) is 0.996. The number of nitrogens with one attached hydrogen (secondary N) is 1. The molecule has 2 rings (SSSR count). The minimum Gasteiger partial charge on any atom is -0.497 e. The van der Waals surface area contributed by atoms with Crippen molar-refractivity contribution in [2.45, 2.75) is 25.3 Å². The van der Waals surface area contributed by atoms with E-state index >= 15 is 0 Å². The number of hydrogen-bond donors (Lipinski definition) is 2. The Kier molecular flexibility index (Phi) is 5.01. The molecule has 1 aliphatic rings. The van der Waals surface area contributed by atoms with Crippen LogP contribution in [0.1, 0.15) is 29.6 Å². The van der Waals surface area contributed by atoms with Gasteiger partial charge in [0.15, 0.2) is 0 Å². The second-order valence-electron chi connectivity index (χ2n) is 5.09. The molecule has 3 N–H and O–H groups in total. The second-order valence-corrected chi connectivity index (χ2v) is 5.56. The van der Waals surface area contributed by atoms with Crippen molar-refractivity contribution in [2.24, 2.45) is 11.7 Å². The molecule has 2 unspecified atom stereocenters. The molecule has 21 heavy (non-hydrogen) atoms. The zero-order valence-electron chi connectivity index (χ0n) is 12.2. The van der Waals surface area contributed by atoms with Crippen LogP contribution < -0.4 is 20.5 Å². The molecule has 5 nitrogen and oxygen atoms in total. The first-order valence-corrected chi connectivity index (χ1v) is 7.30. The Morgan fingerprint density at radius 3 is 2.71 bits per heavy atom. The molecule has 0 bridgehead atoms. The van der Waals surface area contributed by atoms with Crippen LogP contribution >= 0.6 is 12.2 Å². The molecule has 0 radical (unpaired) electrons. The zero-order valence-corrected chi connectivity index (χ0v) is 13.0. The summed E-state index contributed by atoms with van der Waals surface area (Å²) in [6.07, 6.45) is 2.83.